The summed E-state index contributed by atoms with van der Waals surface area (Å²) in [4.78, 5) is 28.1. The van der Waals surface area contributed by atoms with E-state index in [-0.39, 0.29) is 18.6 Å². The average Bonchev–Trinajstić information content (AvgIpc) is 3.00. The first-order chi connectivity index (χ1) is 21.5. The zero-order valence-corrected chi connectivity index (χ0v) is 26.0. The molecule has 4 aromatic rings. The van der Waals surface area contributed by atoms with E-state index in [1.54, 1.807) is 29.4 Å². The summed E-state index contributed by atoms with van der Waals surface area (Å²) in [6.07, 6.45) is 0.463. The molecule has 3 heterocycles. The number of amides is 1. The Bertz CT molecular complexity index is 1640. The number of likely N-dealkylation sites (tertiary alicyclic amines) is 1. The maximum absolute atomic E-state index is 12.9. The Morgan fingerprint density at radius 1 is 1.09 bits per heavy atom. The van der Waals surface area contributed by atoms with Gasteiger partial charge in [0.05, 0.1) is 11.3 Å². The van der Waals surface area contributed by atoms with Crippen molar-refractivity contribution in [2.75, 3.05) is 18.4 Å². The number of aliphatic hydroxyl groups excluding tert-OH is 1. The highest BCUT2D eigenvalue weighted by Gasteiger charge is 2.28. The summed E-state index contributed by atoms with van der Waals surface area (Å²) >= 11 is 0. The zero-order valence-electron chi connectivity index (χ0n) is 26.0. The van der Waals surface area contributed by atoms with Crippen molar-refractivity contribution in [3.63, 3.8) is 0 Å². The first kappa shape index (κ1) is 32.0. The van der Waals surface area contributed by atoms with Crippen LogP contribution in [0.3, 0.4) is 0 Å². The van der Waals surface area contributed by atoms with E-state index < -0.39 is 18.1 Å². The Labute approximate surface area is 261 Å². The molecule has 1 aliphatic heterocycles. The number of halogens is 2. The fourth-order valence-electron chi connectivity index (χ4n) is 5.40. The smallest absolute Gasteiger partial charge is 0.410 e. The molecule has 0 aliphatic carbocycles. The molecule has 2 aromatic heterocycles. The van der Waals surface area contributed by atoms with Crippen molar-refractivity contribution in [1.82, 2.24) is 19.9 Å². The number of pyridine rings is 1. The summed E-state index contributed by atoms with van der Waals surface area (Å²) in [5, 5.41) is 14.7. The van der Waals surface area contributed by atoms with Gasteiger partial charge >= 0.3 is 6.09 Å². The first-order valence-corrected chi connectivity index (χ1v) is 15.2. The highest BCUT2D eigenvalue weighted by atomic mass is 19.3. The number of aryl methyl sites for hydroxylation is 2. The summed E-state index contributed by atoms with van der Waals surface area (Å²) < 4.78 is 37.9. The number of alkyl halides is 2. The van der Waals surface area contributed by atoms with Crippen molar-refractivity contribution in [1.29, 1.82) is 0 Å². The number of carbonyl (C=O) groups excluding carboxylic acids is 1. The number of fused-ring (bicyclic) bond motifs is 1. The fraction of sp³-hybridized carbons (Fsp3) is 0.412. The van der Waals surface area contributed by atoms with Gasteiger partial charge < -0.3 is 24.8 Å². The van der Waals surface area contributed by atoms with Crippen LogP contribution in [0.2, 0.25) is 0 Å². The summed E-state index contributed by atoms with van der Waals surface area (Å²) in [6.45, 7) is 8.61. The van der Waals surface area contributed by atoms with E-state index in [2.05, 4.69) is 15.3 Å². The lowest BCUT2D eigenvalue weighted by Gasteiger charge is -2.34. The second kappa shape index (κ2) is 13.7. The number of rotatable bonds is 9. The maximum atomic E-state index is 12.9. The van der Waals surface area contributed by atoms with Gasteiger partial charge in [-0.2, -0.15) is 0 Å². The molecule has 1 unspecified atom stereocenters. The van der Waals surface area contributed by atoms with E-state index in [0.29, 0.717) is 48.3 Å². The van der Waals surface area contributed by atoms with Crippen LogP contribution in [-0.4, -0.2) is 68.3 Å². The Balaban J connectivity index is 1.37. The number of hydrogen-bond acceptors (Lipinski definition) is 8. The standard InChI is InChI=1S/C34H39F2N5O4/c1-21-12-14-24-22(13-15-28(42)30(35)36)8-5-10-25(24)29(21)44-31-26(11-6-17-37-31)27-16-18-38-32(40-27)39-23-9-7-19-41(20-23)33(43)45-34(2,3)4/h5-6,8,10-12,14,16-18,23,28,30,42H,7,9,13,15,19-20H2,1-4H3,(H,38,39,40)/t23-,28?/m0/s1. The molecule has 45 heavy (non-hydrogen) atoms. The number of anilines is 1. The van der Waals surface area contributed by atoms with Crippen LogP contribution in [-0.2, 0) is 11.2 Å². The van der Waals surface area contributed by atoms with Gasteiger partial charge in [-0.05, 0) is 88.1 Å². The topological polar surface area (TPSA) is 110 Å². The number of hydrogen-bond donors (Lipinski definition) is 2. The van der Waals surface area contributed by atoms with E-state index in [9.17, 15) is 18.7 Å². The number of aromatic nitrogens is 3. The molecule has 1 fully saturated rings. The average molecular weight is 620 g/mol. The van der Waals surface area contributed by atoms with E-state index in [0.717, 1.165) is 34.7 Å². The van der Waals surface area contributed by atoms with E-state index in [1.165, 1.54) is 0 Å². The van der Waals surface area contributed by atoms with Gasteiger partial charge in [0.1, 0.15) is 17.5 Å². The van der Waals surface area contributed by atoms with Gasteiger partial charge in [-0.3, -0.25) is 0 Å². The molecule has 11 heteroatoms. The van der Waals surface area contributed by atoms with Crippen molar-refractivity contribution in [3.05, 3.63) is 72.1 Å². The molecule has 0 bridgehead atoms. The van der Waals surface area contributed by atoms with Crippen LogP contribution in [0.15, 0.2) is 60.9 Å². The van der Waals surface area contributed by atoms with Gasteiger partial charge in [0.25, 0.3) is 6.43 Å². The van der Waals surface area contributed by atoms with Crippen molar-refractivity contribution in [2.45, 2.75) is 77.6 Å². The lowest BCUT2D eigenvalue weighted by molar-refractivity contribution is -0.00845. The van der Waals surface area contributed by atoms with E-state index in [1.807, 2.05) is 64.1 Å². The third-order valence-electron chi connectivity index (χ3n) is 7.61. The van der Waals surface area contributed by atoms with Crippen LogP contribution in [0.4, 0.5) is 19.5 Å². The fourth-order valence-corrected chi connectivity index (χ4v) is 5.40. The van der Waals surface area contributed by atoms with Gasteiger partial charge in [-0.15, -0.1) is 0 Å². The second-order valence-corrected chi connectivity index (χ2v) is 12.3. The molecule has 1 aliphatic rings. The number of benzene rings is 2. The molecule has 9 nitrogen and oxygen atoms in total. The maximum Gasteiger partial charge on any atom is 0.410 e. The molecule has 2 N–H and O–H groups in total. The molecule has 5 rings (SSSR count). The van der Waals surface area contributed by atoms with Crippen molar-refractivity contribution >= 4 is 22.8 Å². The van der Waals surface area contributed by atoms with Gasteiger partial charge in [0.2, 0.25) is 11.8 Å². The Morgan fingerprint density at radius 3 is 2.69 bits per heavy atom. The van der Waals surface area contributed by atoms with Crippen LogP contribution < -0.4 is 10.1 Å². The van der Waals surface area contributed by atoms with Gasteiger partial charge in [-0.25, -0.2) is 28.5 Å². The molecule has 0 saturated carbocycles. The lowest BCUT2D eigenvalue weighted by Crippen LogP contribution is -2.47. The summed E-state index contributed by atoms with van der Waals surface area (Å²) in [5.41, 5.74) is 2.42. The quantitative estimate of drug-likeness (QED) is 0.203. The Hall–Kier alpha value is -4.38. The van der Waals surface area contributed by atoms with Gasteiger partial charge in [-0.1, -0.05) is 30.3 Å². The largest absolute Gasteiger partial charge is 0.444 e. The number of aliphatic hydroxyl groups is 1. The van der Waals surface area contributed by atoms with Crippen molar-refractivity contribution in [2.24, 2.45) is 0 Å². The first-order valence-electron chi connectivity index (χ1n) is 15.2. The highest BCUT2D eigenvalue weighted by molar-refractivity contribution is 5.92. The minimum absolute atomic E-state index is 0.0412. The predicted molar refractivity (Wildman–Crippen MR) is 169 cm³/mol. The molecule has 2 atom stereocenters. The normalized spacial score (nSPS) is 16.1. The van der Waals surface area contributed by atoms with E-state index in [4.69, 9.17) is 14.5 Å². The molecule has 1 amide bonds. The number of carbonyl (C=O) groups is 1. The van der Waals surface area contributed by atoms with Crippen molar-refractivity contribution in [3.8, 4) is 22.9 Å². The monoisotopic (exact) mass is 619 g/mol. The van der Waals surface area contributed by atoms with Crippen LogP contribution in [0.1, 0.15) is 51.2 Å². The third-order valence-corrected chi connectivity index (χ3v) is 7.61. The Morgan fingerprint density at radius 2 is 1.91 bits per heavy atom. The number of piperidine rings is 1. The molecule has 1 saturated heterocycles. The van der Waals surface area contributed by atoms with Gasteiger partial charge in [0, 0.05) is 36.9 Å². The zero-order chi connectivity index (χ0) is 32.1. The molecule has 2 aromatic carbocycles. The summed E-state index contributed by atoms with van der Waals surface area (Å²) in [5.74, 6) is 1.38. The van der Waals surface area contributed by atoms with Crippen molar-refractivity contribution < 1.29 is 28.2 Å². The molecular weight excluding hydrogens is 580 g/mol. The molecule has 0 radical (unpaired) electrons. The highest BCUT2D eigenvalue weighted by Crippen LogP contribution is 2.38. The Kier molecular flexibility index (Phi) is 9.77. The van der Waals surface area contributed by atoms with Crippen LogP contribution in [0.5, 0.6) is 11.6 Å². The SMILES string of the molecule is Cc1ccc2c(CCC(O)C(F)F)cccc2c1Oc1ncccc1-c1ccnc(N[C@H]2CCCN(C(=O)OC(C)(C)C)C2)n1. The predicted octanol–water partition coefficient (Wildman–Crippen LogP) is 7.16. The van der Waals surface area contributed by atoms with Gasteiger partial charge in [0.15, 0.2) is 0 Å². The minimum atomic E-state index is -2.78. The summed E-state index contributed by atoms with van der Waals surface area (Å²) in [6, 6.07) is 14.9. The number of nitrogens with zero attached hydrogens (tertiary/aromatic N) is 4. The number of nitrogens with one attached hydrogen (secondary N) is 1. The second-order valence-electron chi connectivity index (χ2n) is 12.3. The molecule has 238 valence electrons. The van der Waals surface area contributed by atoms with Crippen LogP contribution in [0, 0.1) is 6.92 Å². The molecule has 0 spiro atoms. The van der Waals surface area contributed by atoms with Crippen LogP contribution >= 0.6 is 0 Å². The minimum Gasteiger partial charge on any atom is -0.444 e. The third kappa shape index (κ3) is 8.02. The number of ether oxygens (including phenoxy) is 2. The summed E-state index contributed by atoms with van der Waals surface area (Å²) in [7, 11) is 0. The lowest BCUT2D eigenvalue weighted by atomic mass is 9.97. The van der Waals surface area contributed by atoms with E-state index >= 15 is 0 Å². The van der Waals surface area contributed by atoms with Crippen LogP contribution in [0.25, 0.3) is 22.0 Å². The molecular formula is C34H39F2N5O4.